The normalized spacial score (nSPS) is 12.4. The second-order valence-electron chi connectivity index (χ2n) is 5.36. The molecule has 0 saturated carbocycles. The Hall–Kier alpha value is -0.640. The molecule has 2 rings (SSSR count). The van der Waals surface area contributed by atoms with Crippen molar-refractivity contribution in [3.63, 3.8) is 0 Å². The average Bonchev–Trinajstić information content (AvgIpc) is 2.48. The van der Waals surface area contributed by atoms with Gasteiger partial charge in [-0.1, -0.05) is 68.6 Å². The first-order valence-electron chi connectivity index (χ1n) is 7.34. The van der Waals surface area contributed by atoms with Crippen molar-refractivity contribution < 1.29 is 0 Å². The van der Waals surface area contributed by atoms with Gasteiger partial charge in [0.25, 0.3) is 0 Å². The highest BCUT2D eigenvalue weighted by Gasteiger charge is 2.15. The van der Waals surface area contributed by atoms with E-state index in [0.717, 1.165) is 28.3 Å². The van der Waals surface area contributed by atoms with E-state index in [1.165, 1.54) is 16.7 Å². The Kier molecular flexibility index (Phi) is 6.46. The number of hydrogen-bond donors (Lipinski definition) is 1. The molecule has 2 aromatic carbocycles. The Bertz CT molecular complexity index is 578. The van der Waals surface area contributed by atoms with Gasteiger partial charge >= 0.3 is 0 Å². The van der Waals surface area contributed by atoms with Gasteiger partial charge in [0.15, 0.2) is 0 Å². The highest BCUT2D eigenvalue weighted by atomic mass is 79.9. The van der Waals surface area contributed by atoms with Gasteiger partial charge < -0.3 is 5.32 Å². The SMILES string of the molecule is CCCNC(Cc1ccc(C)cc1)c1cc(Br)ccc1Br. The van der Waals surface area contributed by atoms with E-state index in [1.807, 2.05) is 0 Å². The van der Waals surface area contributed by atoms with Crippen LogP contribution in [0, 0.1) is 6.92 Å². The Morgan fingerprint density at radius 3 is 2.43 bits per heavy atom. The van der Waals surface area contributed by atoms with Crippen LogP contribution in [0.1, 0.15) is 36.1 Å². The van der Waals surface area contributed by atoms with Crippen molar-refractivity contribution in [2.24, 2.45) is 0 Å². The molecule has 0 radical (unpaired) electrons. The monoisotopic (exact) mass is 409 g/mol. The number of halogens is 2. The van der Waals surface area contributed by atoms with Gasteiger partial charge in [0, 0.05) is 15.0 Å². The van der Waals surface area contributed by atoms with Crippen molar-refractivity contribution in [3.05, 3.63) is 68.1 Å². The van der Waals surface area contributed by atoms with E-state index in [0.29, 0.717) is 6.04 Å². The first-order valence-corrected chi connectivity index (χ1v) is 8.92. The lowest BCUT2D eigenvalue weighted by Gasteiger charge is -2.21. The van der Waals surface area contributed by atoms with Crippen molar-refractivity contribution in [3.8, 4) is 0 Å². The Labute approximate surface area is 144 Å². The molecule has 0 aromatic heterocycles. The topological polar surface area (TPSA) is 12.0 Å². The fraction of sp³-hybridized carbons (Fsp3) is 0.333. The summed E-state index contributed by atoms with van der Waals surface area (Å²) >= 11 is 7.27. The molecule has 1 nitrogen and oxygen atoms in total. The molecular formula is C18H21Br2N. The average molecular weight is 411 g/mol. The molecule has 0 fully saturated rings. The van der Waals surface area contributed by atoms with E-state index in [1.54, 1.807) is 0 Å². The van der Waals surface area contributed by atoms with E-state index in [4.69, 9.17) is 0 Å². The summed E-state index contributed by atoms with van der Waals surface area (Å²) in [4.78, 5) is 0. The summed E-state index contributed by atoms with van der Waals surface area (Å²) in [5, 5.41) is 3.67. The second-order valence-corrected chi connectivity index (χ2v) is 7.13. The molecule has 21 heavy (non-hydrogen) atoms. The van der Waals surface area contributed by atoms with Crippen LogP contribution in [0.5, 0.6) is 0 Å². The van der Waals surface area contributed by atoms with Crippen LogP contribution in [0.3, 0.4) is 0 Å². The Morgan fingerprint density at radius 1 is 1.05 bits per heavy atom. The van der Waals surface area contributed by atoms with Crippen LogP contribution in [-0.2, 0) is 6.42 Å². The fourth-order valence-electron chi connectivity index (χ4n) is 2.35. The van der Waals surface area contributed by atoms with Gasteiger partial charge in [0.2, 0.25) is 0 Å². The van der Waals surface area contributed by atoms with Crippen LogP contribution in [0.4, 0.5) is 0 Å². The summed E-state index contributed by atoms with van der Waals surface area (Å²) in [5.41, 5.74) is 3.97. The van der Waals surface area contributed by atoms with Gasteiger partial charge in [-0.15, -0.1) is 0 Å². The van der Waals surface area contributed by atoms with Crippen LogP contribution >= 0.6 is 31.9 Å². The molecule has 3 heteroatoms. The van der Waals surface area contributed by atoms with Gasteiger partial charge in [-0.3, -0.25) is 0 Å². The van der Waals surface area contributed by atoms with Gasteiger partial charge in [0.1, 0.15) is 0 Å². The maximum atomic E-state index is 3.69. The van der Waals surface area contributed by atoms with Crippen LogP contribution in [0.2, 0.25) is 0 Å². The predicted octanol–water partition coefficient (Wildman–Crippen LogP) is 5.80. The van der Waals surface area contributed by atoms with E-state index in [2.05, 4.69) is 93.5 Å². The summed E-state index contributed by atoms with van der Waals surface area (Å²) in [5.74, 6) is 0. The quantitative estimate of drug-likeness (QED) is 0.634. The molecule has 0 amide bonds. The largest absolute Gasteiger partial charge is 0.310 e. The molecule has 0 aliphatic rings. The van der Waals surface area contributed by atoms with Gasteiger partial charge in [-0.25, -0.2) is 0 Å². The smallest absolute Gasteiger partial charge is 0.0372 e. The first kappa shape index (κ1) is 16.7. The zero-order valence-corrected chi connectivity index (χ0v) is 15.7. The fourth-order valence-corrected chi connectivity index (χ4v) is 3.25. The van der Waals surface area contributed by atoms with Gasteiger partial charge in [-0.05, 0) is 55.6 Å². The molecule has 112 valence electrons. The number of hydrogen-bond acceptors (Lipinski definition) is 1. The minimum Gasteiger partial charge on any atom is -0.310 e. The van der Waals surface area contributed by atoms with Gasteiger partial charge in [-0.2, -0.15) is 0 Å². The standard InChI is InChI=1S/C18H21Br2N/c1-3-10-21-18(11-14-6-4-13(2)5-7-14)16-12-15(19)8-9-17(16)20/h4-9,12,18,21H,3,10-11H2,1-2H3. The third-order valence-electron chi connectivity index (χ3n) is 3.53. The molecule has 0 saturated heterocycles. The highest BCUT2D eigenvalue weighted by Crippen LogP contribution is 2.29. The van der Waals surface area contributed by atoms with E-state index in [-0.39, 0.29) is 0 Å². The first-order chi connectivity index (χ1) is 10.1. The third kappa shape index (κ3) is 4.94. The molecule has 2 aromatic rings. The summed E-state index contributed by atoms with van der Waals surface area (Å²) in [6.45, 7) is 5.35. The molecule has 1 atom stereocenters. The molecule has 0 bridgehead atoms. The summed E-state index contributed by atoms with van der Waals surface area (Å²) in [6.07, 6.45) is 2.13. The minimum absolute atomic E-state index is 0.319. The van der Waals surface area contributed by atoms with Crippen LogP contribution < -0.4 is 5.32 Å². The maximum absolute atomic E-state index is 3.69. The molecule has 1 unspecified atom stereocenters. The number of nitrogens with one attached hydrogen (secondary N) is 1. The van der Waals surface area contributed by atoms with Crippen molar-refractivity contribution in [1.82, 2.24) is 5.32 Å². The number of benzene rings is 2. The summed E-state index contributed by atoms with van der Waals surface area (Å²) in [6, 6.07) is 15.5. The molecular weight excluding hydrogens is 390 g/mol. The lowest BCUT2D eigenvalue weighted by Crippen LogP contribution is -2.24. The zero-order chi connectivity index (χ0) is 15.2. The number of rotatable bonds is 6. The molecule has 1 N–H and O–H groups in total. The van der Waals surface area contributed by atoms with Crippen molar-refractivity contribution in [2.45, 2.75) is 32.7 Å². The summed E-state index contributed by atoms with van der Waals surface area (Å²) in [7, 11) is 0. The zero-order valence-electron chi connectivity index (χ0n) is 12.5. The van der Waals surface area contributed by atoms with Crippen molar-refractivity contribution in [1.29, 1.82) is 0 Å². The maximum Gasteiger partial charge on any atom is 0.0372 e. The second kappa shape index (κ2) is 8.11. The van der Waals surface area contributed by atoms with E-state index < -0.39 is 0 Å². The Balaban J connectivity index is 2.25. The lowest BCUT2D eigenvalue weighted by molar-refractivity contribution is 0.527. The lowest BCUT2D eigenvalue weighted by atomic mass is 9.98. The van der Waals surface area contributed by atoms with E-state index in [9.17, 15) is 0 Å². The number of aryl methyl sites for hydroxylation is 1. The van der Waals surface area contributed by atoms with Crippen molar-refractivity contribution in [2.75, 3.05) is 6.54 Å². The predicted molar refractivity (Wildman–Crippen MR) is 97.8 cm³/mol. The summed E-state index contributed by atoms with van der Waals surface area (Å²) < 4.78 is 2.28. The minimum atomic E-state index is 0.319. The highest BCUT2D eigenvalue weighted by molar-refractivity contribution is 9.11. The van der Waals surface area contributed by atoms with Crippen LogP contribution in [0.15, 0.2) is 51.4 Å². The third-order valence-corrected chi connectivity index (χ3v) is 4.75. The molecule has 0 aliphatic carbocycles. The Morgan fingerprint density at radius 2 is 1.76 bits per heavy atom. The van der Waals surface area contributed by atoms with Crippen molar-refractivity contribution >= 4 is 31.9 Å². The van der Waals surface area contributed by atoms with Gasteiger partial charge in [0.05, 0.1) is 0 Å². The van der Waals surface area contributed by atoms with Crippen LogP contribution in [0.25, 0.3) is 0 Å². The van der Waals surface area contributed by atoms with E-state index >= 15 is 0 Å². The molecule has 0 spiro atoms. The molecule has 0 heterocycles. The molecule has 0 aliphatic heterocycles. The van der Waals surface area contributed by atoms with Crippen LogP contribution in [-0.4, -0.2) is 6.54 Å².